The third kappa shape index (κ3) is 4.33. The Morgan fingerprint density at radius 3 is 2.45 bits per heavy atom. The molecule has 0 heterocycles. The molecular formula is C15H20FNO3. The molecule has 20 heavy (non-hydrogen) atoms. The molecule has 0 aliphatic carbocycles. The molecule has 2 N–H and O–H groups in total. The minimum Gasteiger partial charge on any atom is -0.478 e. The third-order valence-electron chi connectivity index (χ3n) is 3.46. The summed E-state index contributed by atoms with van der Waals surface area (Å²) in [5, 5.41) is 11.5. The van der Waals surface area contributed by atoms with Crippen LogP contribution in [0.2, 0.25) is 0 Å². The monoisotopic (exact) mass is 281 g/mol. The molecule has 110 valence electrons. The van der Waals surface area contributed by atoms with Gasteiger partial charge in [0, 0.05) is 6.42 Å². The number of aromatic carboxylic acids is 1. The van der Waals surface area contributed by atoms with Gasteiger partial charge in [-0.1, -0.05) is 27.7 Å². The zero-order chi connectivity index (χ0) is 15.5. The van der Waals surface area contributed by atoms with Gasteiger partial charge in [0.25, 0.3) is 0 Å². The van der Waals surface area contributed by atoms with Crippen molar-refractivity contribution in [2.75, 3.05) is 5.32 Å². The van der Waals surface area contributed by atoms with Crippen LogP contribution in [0.4, 0.5) is 10.1 Å². The van der Waals surface area contributed by atoms with E-state index in [0.717, 1.165) is 12.1 Å². The van der Waals surface area contributed by atoms with E-state index < -0.39 is 11.8 Å². The lowest BCUT2D eigenvalue weighted by atomic mass is 9.80. The Kier molecular flexibility index (Phi) is 4.87. The standard InChI is InChI=1S/C15H20FNO3/c1-9(15(2,3)4)7-13(18)17-12-6-5-10(16)8-11(12)14(19)20/h5-6,8-9H,7H2,1-4H3,(H,17,18)(H,19,20). The van der Waals surface area contributed by atoms with Gasteiger partial charge >= 0.3 is 5.97 Å². The first kappa shape index (κ1) is 16.1. The van der Waals surface area contributed by atoms with Crippen molar-refractivity contribution >= 4 is 17.6 Å². The summed E-state index contributed by atoms with van der Waals surface area (Å²) >= 11 is 0. The van der Waals surface area contributed by atoms with Crippen molar-refractivity contribution in [3.63, 3.8) is 0 Å². The summed E-state index contributed by atoms with van der Waals surface area (Å²) in [5.74, 6) is -2.06. The number of rotatable bonds is 4. The lowest BCUT2D eigenvalue weighted by molar-refractivity contribution is -0.117. The fraction of sp³-hybridized carbons (Fsp3) is 0.467. The first-order chi connectivity index (χ1) is 9.11. The first-order valence-corrected chi connectivity index (χ1v) is 6.44. The van der Waals surface area contributed by atoms with Crippen LogP contribution >= 0.6 is 0 Å². The maximum absolute atomic E-state index is 13.0. The predicted octanol–water partition coefficient (Wildman–Crippen LogP) is 3.53. The number of carboxylic acids is 1. The average Bonchev–Trinajstić information content (AvgIpc) is 2.29. The molecular weight excluding hydrogens is 261 g/mol. The molecule has 0 fully saturated rings. The number of benzene rings is 1. The lowest BCUT2D eigenvalue weighted by Gasteiger charge is -2.26. The Hall–Kier alpha value is -1.91. The Balaban J connectivity index is 2.84. The first-order valence-electron chi connectivity index (χ1n) is 6.44. The summed E-state index contributed by atoms with van der Waals surface area (Å²) in [6.07, 6.45) is 0.278. The molecule has 1 rings (SSSR count). The predicted molar refractivity (Wildman–Crippen MR) is 75.2 cm³/mol. The van der Waals surface area contributed by atoms with Gasteiger partial charge < -0.3 is 10.4 Å². The summed E-state index contributed by atoms with van der Waals surface area (Å²) in [6.45, 7) is 8.06. The Labute approximate surface area is 118 Å². The Morgan fingerprint density at radius 1 is 1.35 bits per heavy atom. The number of anilines is 1. The highest BCUT2D eigenvalue weighted by molar-refractivity contribution is 6.00. The van der Waals surface area contributed by atoms with Crippen molar-refractivity contribution in [2.24, 2.45) is 11.3 Å². The van der Waals surface area contributed by atoms with Crippen molar-refractivity contribution in [2.45, 2.75) is 34.1 Å². The quantitative estimate of drug-likeness (QED) is 0.887. The van der Waals surface area contributed by atoms with E-state index in [2.05, 4.69) is 5.32 Å². The second kappa shape index (κ2) is 6.03. The van der Waals surface area contributed by atoms with Crippen molar-refractivity contribution in [1.29, 1.82) is 0 Å². The van der Waals surface area contributed by atoms with Gasteiger partial charge in [0.15, 0.2) is 0 Å². The SMILES string of the molecule is CC(CC(=O)Nc1ccc(F)cc1C(=O)O)C(C)(C)C. The number of amides is 1. The molecule has 0 saturated heterocycles. The molecule has 0 aliphatic heterocycles. The fourth-order valence-electron chi connectivity index (χ4n) is 1.59. The van der Waals surface area contributed by atoms with Crippen LogP contribution < -0.4 is 5.32 Å². The van der Waals surface area contributed by atoms with E-state index >= 15 is 0 Å². The van der Waals surface area contributed by atoms with E-state index in [4.69, 9.17) is 5.11 Å². The van der Waals surface area contributed by atoms with Gasteiger partial charge in [-0.2, -0.15) is 0 Å². The number of hydrogen-bond donors (Lipinski definition) is 2. The summed E-state index contributed by atoms with van der Waals surface area (Å²) in [4.78, 5) is 23.0. The van der Waals surface area contributed by atoms with Gasteiger partial charge in [-0.15, -0.1) is 0 Å². The minimum atomic E-state index is -1.27. The van der Waals surface area contributed by atoms with Gasteiger partial charge in [0.1, 0.15) is 5.82 Å². The van der Waals surface area contributed by atoms with E-state index in [1.165, 1.54) is 6.07 Å². The molecule has 0 saturated carbocycles. The normalized spacial score (nSPS) is 12.8. The molecule has 1 amide bonds. The molecule has 0 bridgehead atoms. The van der Waals surface area contributed by atoms with Gasteiger partial charge in [-0.3, -0.25) is 4.79 Å². The van der Waals surface area contributed by atoms with Crippen LogP contribution in [0.15, 0.2) is 18.2 Å². The second-order valence-electron chi connectivity index (χ2n) is 6.01. The number of nitrogens with one attached hydrogen (secondary N) is 1. The van der Waals surface area contributed by atoms with E-state index in [1.807, 2.05) is 27.7 Å². The van der Waals surface area contributed by atoms with Gasteiger partial charge in [-0.05, 0) is 29.5 Å². The number of halogens is 1. The molecule has 0 radical (unpaired) electrons. The van der Waals surface area contributed by atoms with Crippen LogP contribution in [-0.2, 0) is 4.79 Å². The van der Waals surface area contributed by atoms with Crippen LogP contribution in [0.5, 0.6) is 0 Å². The van der Waals surface area contributed by atoms with Gasteiger partial charge in [-0.25, -0.2) is 9.18 Å². The fourth-order valence-corrected chi connectivity index (χ4v) is 1.59. The summed E-state index contributed by atoms with van der Waals surface area (Å²) < 4.78 is 13.0. The van der Waals surface area contributed by atoms with Crippen LogP contribution in [0.3, 0.4) is 0 Å². The maximum Gasteiger partial charge on any atom is 0.337 e. The molecule has 0 aliphatic rings. The van der Waals surface area contributed by atoms with Crippen molar-refractivity contribution < 1.29 is 19.1 Å². The summed E-state index contributed by atoms with van der Waals surface area (Å²) in [6, 6.07) is 3.28. The van der Waals surface area contributed by atoms with E-state index in [0.29, 0.717) is 0 Å². The Morgan fingerprint density at radius 2 is 1.95 bits per heavy atom. The molecule has 5 heteroatoms. The molecule has 1 aromatic carbocycles. The zero-order valence-corrected chi connectivity index (χ0v) is 12.2. The van der Waals surface area contributed by atoms with E-state index in [9.17, 15) is 14.0 Å². The van der Waals surface area contributed by atoms with Crippen LogP contribution in [-0.4, -0.2) is 17.0 Å². The molecule has 4 nitrogen and oxygen atoms in total. The molecule has 1 unspecified atom stereocenters. The zero-order valence-electron chi connectivity index (χ0n) is 12.2. The van der Waals surface area contributed by atoms with Crippen molar-refractivity contribution in [3.05, 3.63) is 29.6 Å². The van der Waals surface area contributed by atoms with E-state index in [1.54, 1.807) is 0 Å². The molecule has 1 aromatic rings. The van der Waals surface area contributed by atoms with Crippen LogP contribution in [0, 0.1) is 17.2 Å². The number of carbonyl (C=O) groups excluding carboxylic acids is 1. The smallest absolute Gasteiger partial charge is 0.337 e. The molecule has 1 atom stereocenters. The number of carbonyl (C=O) groups is 2. The highest BCUT2D eigenvalue weighted by Gasteiger charge is 2.23. The third-order valence-corrected chi connectivity index (χ3v) is 3.46. The van der Waals surface area contributed by atoms with E-state index in [-0.39, 0.29) is 34.9 Å². The van der Waals surface area contributed by atoms with Crippen LogP contribution in [0.25, 0.3) is 0 Å². The van der Waals surface area contributed by atoms with Gasteiger partial charge in [0.2, 0.25) is 5.91 Å². The molecule has 0 aromatic heterocycles. The maximum atomic E-state index is 13.0. The summed E-state index contributed by atoms with van der Waals surface area (Å²) in [5.41, 5.74) is -0.151. The average molecular weight is 281 g/mol. The highest BCUT2D eigenvalue weighted by atomic mass is 19.1. The van der Waals surface area contributed by atoms with Gasteiger partial charge in [0.05, 0.1) is 11.3 Å². The summed E-state index contributed by atoms with van der Waals surface area (Å²) in [7, 11) is 0. The van der Waals surface area contributed by atoms with Crippen molar-refractivity contribution in [3.8, 4) is 0 Å². The highest BCUT2D eigenvalue weighted by Crippen LogP contribution is 2.28. The molecule has 0 spiro atoms. The van der Waals surface area contributed by atoms with Crippen LogP contribution in [0.1, 0.15) is 44.5 Å². The lowest BCUT2D eigenvalue weighted by Crippen LogP contribution is -2.24. The largest absolute Gasteiger partial charge is 0.478 e. The minimum absolute atomic E-state index is 0.0181. The van der Waals surface area contributed by atoms with Crippen molar-refractivity contribution in [1.82, 2.24) is 0 Å². The number of hydrogen-bond acceptors (Lipinski definition) is 2. The number of carboxylic acid groups (broad SMARTS) is 1. The Bertz CT molecular complexity index is 520. The topological polar surface area (TPSA) is 66.4 Å². The second-order valence-corrected chi connectivity index (χ2v) is 6.01.